The average molecular weight is 455 g/mol. The maximum Gasteiger partial charge on any atom is 0.293 e. The molecular weight excluding hydrogens is 420 g/mol. The minimum absolute atomic E-state index is 0.0209. The number of rotatable bonds is 8. The highest BCUT2D eigenvalue weighted by Crippen LogP contribution is 2.31. The van der Waals surface area contributed by atoms with Gasteiger partial charge in [-0.2, -0.15) is 4.31 Å². The van der Waals surface area contributed by atoms with Crippen molar-refractivity contribution in [3.05, 3.63) is 28.3 Å². The zero-order valence-electron chi connectivity index (χ0n) is 18.6. The van der Waals surface area contributed by atoms with Crippen molar-refractivity contribution >= 4 is 21.4 Å². The van der Waals surface area contributed by atoms with Crippen LogP contribution < -0.4 is 5.32 Å². The average Bonchev–Trinajstić information content (AvgIpc) is 2.74. The van der Waals surface area contributed by atoms with Gasteiger partial charge in [0.2, 0.25) is 10.0 Å². The molecule has 2 aliphatic rings. The van der Waals surface area contributed by atoms with E-state index in [9.17, 15) is 18.5 Å². The molecule has 10 heteroatoms. The summed E-state index contributed by atoms with van der Waals surface area (Å²) in [6.07, 6.45) is 1.80. The van der Waals surface area contributed by atoms with Gasteiger partial charge in [0.1, 0.15) is 5.69 Å². The molecule has 0 aromatic heterocycles. The van der Waals surface area contributed by atoms with Crippen molar-refractivity contribution in [1.29, 1.82) is 0 Å². The van der Waals surface area contributed by atoms with E-state index >= 15 is 0 Å². The summed E-state index contributed by atoms with van der Waals surface area (Å²) in [5, 5.41) is 14.9. The molecule has 0 bridgehead atoms. The second-order valence-electron chi connectivity index (χ2n) is 8.89. The molecule has 0 aliphatic carbocycles. The molecule has 0 amide bonds. The number of nitro groups is 1. The van der Waals surface area contributed by atoms with E-state index in [0.717, 1.165) is 25.9 Å². The van der Waals surface area contributed by atoms with Crippen molar-refractivity contribution in [2.24, 2.45) is 11.8 Å². The second-order valence-corrected chi connectivity index (χ2v) is 10.8. The Morgan fingerprint density at radius 1 is 1.26 bits per heavy atom. The van der Waals surface area contributed by atoms with Gasteiger partial charge in [0.25, 0.3) is 5.69 Å². The van der Waals surface area contributed by atoms with Crippen molar-refractivity contribution in [1.82, 2.24) is 9.21 Å². The summed E-state index contributed by atoms with van der Waals surface area (Å²) in [5.74, 6) is 0.637. The molecule has 1 N–H and O–H groups in total. The number of anilines is 1. The summed E-state index contributed by atoms with van der Waals surface area (Å²) >= 11 is 0. The zero-order valence-corrected chi connectivity index (χ0v) is 19.4. The first-order valence-corrected chi connectivity index (χ1v) is 12.5. The molecule has 0 radical (unpaired) electrons. The predicted molar refractivity (Wildman–Crippen MR) is 120 cm³/mol. The highest BCUT2D eigenvalue weighted by atomic mass is 32.2. The Balaban J connectivity index is 1.79. The van der Waals surface area contributed by atoms with E-state index in [4.69, 9.17) is 4.74 Å². The minimum atomic E-state index is -3.75. The van der Waals surface area contributed by atoms with Crippen molar-refractivity contribution in [3.8, 4) is 0 Å². The maximum absolute atomic E-state index is 13.0. The van der Waals surface area contributed by atoms with E-state index < -0.39 is 14.9 Å². The number of morpholine rings is 1. The largest absolute Gasteiger partial charge is 0.379 e. The van der Waals surface area contributed by atoms with Crippen LogP contribution in [0.1, 0.15) is 33.6 Å². The summed E-state index contributed by atoms with van der Waals surface area (Å²) in [5.41, 5.74) is 0.130. The molecule has 2 fully saturated rings. The van der Waals surface area contributed by atoms with Gasteiger partial charge in [-0.25, -0.2) is 8.42 Å². The first-order valence-electron chi connectivity index (χ1n) is 11.0. The Labute approximate surface area is 184 Å². The normalized spacial score (nSPS) is 22.4. The van der Waals surface area contributed by atoms with Crippen molar-refractivity contribution in [3.63, 3.8) is 0 Å². The van der Waals surface area contributed by atoms with Crippen LogP contribution in [0.2, 0.25) is 0 Å². The number of benzene rings is 1. The number of sulfonamides is 1. The molecule has 31 heavy (non-hydrogen) atoms. The lowest BCUT2D eigenvalue weighted by Gasteiger charge is -2.37. The lowest BCUT2D eigenvalue weighted by molar-refractivity contribution is -0.384. The molecule has 0 spiro atoms. The van der Waals surface area contributed by atoms with Gasteiger partial charge >= 0.3 is 0 Å². The number of ether oxygens (including phenoxy) is 1. The SMILES string of the molecule is CC(C)[C@@H](CNc1ccc(S(=O)(=O)N2CCC[C@H](C)C2)cc1[N+](=O)[O-])N1CCOCC1. The van der Waals surface area contributed by atoms with E-state index in [-0.39, 0.29) is 22.5 Å². The molecule has 2 aliphatic heterocycles. The Kier molecular flexibility index (Phi) is 7.90. The van der Waals surface area contributed by atoms with Crippen molar-refractivity contribution in [2.75, 3.05) is 51.3 Å². The van der Waals surface area contributed by atoms with Gasteiger partial charge in [0, 0.05) is 44.8 Å². The van der Waals surface area contributed by atoms with Gasteiger partial charge in [-0.15, -0.1) is 0 Å². The molecule has 174 valence electrons. The topological polar surface area (TPSA) is 105 Å². The molecule has 2 atom stereocenters. The molecule has 0 unspecified atom stereocenters. The number of nitro benzene ring substituents is 1. The first-order chi connectivity index (χ1) is 14.7. The van der Waals surface area contributed by atoms with Crippen LogP contribution >= 0.6 is 0 Å². The summed E-state index contributed by atoms with van der Waals surface area (Å²) in [7, 11) is -3.75. The van der Waals surface area contributed by atoms with Crippen molar-refractivity contribution in [2.45, 2.75) is 44.6 Å². The number of hydrogen-bond acceptors (Lipinski definition) is 7. The van der Waals surface area contributed by atoms with Gasteiger partial charge in [0.15, 0.2) is 0 Å². The van der Waals surface area contributed by atoms with Crippen molar-refractivity contribution < 1.29 is 18.1 Å². The number of nitrogens with one attached hydrogen (secondary N) is 1. The highest BCUT2D eigenvalue weighted by Gasteiger charge is 2.31. The van der Waals surface area contributed by atoms with E-state index in [1.165, 1.54) is 22.5 Å². The summed E-state index contributed by atoms with van der Waals surface area (Å²) in [6, 6.07) is 4.38. The number of piperidine rings is 1. The van der Waals surface area contributed by atoms with Crippen LogP contribution in [0, 0.1) is 22.0 Å². The lowest BCUT2D eigenvalue weighted by Crippen LogP contribution is -2.49. The molecule has 9 nitrogen and oxygen atoms in total. The van der Waals surface area contributed by atoms with Crippen LogP contribution in [0.15, 0.2) is 23.1 Å². The summed E-state index contributed by atoms with van der Waals surface area (Å²) in [6.45, 7) is 10.8. The van der Waals surface area contributed by atoms with Crippen LogP contribution in [0.3, 0.4) is 0 Å². The van der Waals surface area contributed by atoms with E-state index in [1.807, 2.05) is 6.92 Å². The Bertz CT molecular complexity index is 871. The number of nitrogens with zero attached hydrogens (tertiary/aromatic N) is 3. The molecule has 3 rings (SSSR count). The van der Waals surface area contributed by atoms with Gasteiger partial charge in [0.05, 0.1) is 23.0 Å². The third-order valence-electron chi connectivity index (χ3n) is 6.21. The van der Waals surface area contributed by atoms with E-state index in [0.29, 0.717) is 44.5 Å². The Morgan fingerprint density at radius 2 is 1.97 bits per heavy atom. The Morgan fingerprint density at radius 3 is 2.58 bits per heavy atom. The monoisotopic (exact) mass is 454 g/mol. The fourth-order valence-corrected chi connectivity index (χ4v) is 6.02. The zero-order chi connectivity index (χ0) is 22.6. The van der Waals surface area contributed by atoms with Gasteiger partial charge in [-0.3, -0.25) is 15.0 Å². The lowest BCUT2D eigenvalue weighted by atomic mass is 10.0. The quantitative estimate of drug-likeness (QED) is 0.476. The predicted octanol–water partition coefficient (Wildman–Crippen LogP) is 2.78. The van der Waals surface area contributed by atoms with Crippen LogP contribution in [0.4, 0.5) is 11.4 Å². The fraction of sp³-hybridized carbons (Fsp3) is 0.714. The molecule has 1 aromatic carbocycles. The Hall–Kier alpha value is -1.75. The molecule has 1 aromatic rings. The summed E-state index contributed by atoms with van der Waals surface area (Å²) in [4.78, 5) is 13.5. The van der Waals surface area contributed by atoms with E-state index in [1.54, 1.807) is 0 Å². The molecule has 0 saturated carbocycles. The van der Waals surface area contributed by atoms with Crippen LogP contribution in [0.5, 0.6) is 0 Å². The van der Waals surface area contributed by atoms with Gasteiger partial charge in [-0.1, -0.05) is 20.8 Å². The van der Waals surface area contributed by atoms with Crippen LogP contribution in [-0.2, 0) is 14.8 Å². The maximum atomic E-state index is 13.0. The standard InChI is InChI=1S/C21H34N4O5S/c1-16(2)21(23-9-11-30-12-10-23)14-22-19-7-6-18(13-20(19)25(26)27)31(28,29)24-8-4-5-17(3)15-24/h6-7,13,16-17,21-22H,4-5,8-12,14-15H2,1-3H3/t17-,21+/m0/s1. The molecule has 2 saturated heterocycles. The summed E-state index contributed by atoms with van der Waals surface area (Å²) < 4.78 is 33.0. The van der Waals surface area contributed by atoms with E-state index in [2.05, 4.69) is 24.1 Å². The molecular formula is C21H34N4O5S. The third-order valence-corrected chi connectivity index (χ3v) is 8.07. The number of hydrogen-bond donors (Lipinski definition) is 1. The first kappa shape index (κ1) is 23.9. The minimum Gasteiger partial charge on any atom is -0.379 e. The van der Waals surface area contributed by atoms with Crippen LogP contribution in [0.25, 0.3) is 0 Å². The third kappa shape index (κ3) is 5.74. The van der Waals surface area contributed by atoms with Gasteiger partial charge < -0.3 is 10.1 Å². The van der Waals surface area contributed by atoms with Crippen LogP contribution in [-0.4, -0.2) is 74.5 Å². The van der Waals surface area contributed by atoms with Gasteiger partial charge in [-0.05, 0) is 36.8 Å². The second kappa shape index (κ2) is 10.2. The fourth-order valence-electron chi connectivity index (χ4n) is 4.40. The molecule has 2 heterocycles. The highest BCUT2D eigenvalue weighted by molar-refractivity contribution is 7.89. The smallest absolute Gasteiger partial charge is 0.293 e.